The zero-order chi connectivity index (χ0) is 9.03. The highest BCUT2D eigenvalue weighted by Crippen LogP contribution is 2.24. The molecule has 0 spiro atoms. The Labute approximate surface area is 75.9 Å². The molecule has 0 bridgehead atoms. The van der Waals surface area contributed by atoms with Gasteiger partial charge in [0.15, 0.2) is 0 Å². The highest BCUT2D eigenvalue weighted by Gasteiger charge is 2.23. The van der Waals surface area contributed by atoms with Crippen LogP contribution in [0.25, 0.3) is 0 Å². The van der Waals surface area contributed by atoms with Crippen LogP contribution in [0.4, 0.5) is 0 Å². The topological polar surface area (TPSA) is 12.0 Å². The van der Waals surface area contributed by atoms with Crippen LogP contribution in [0.15, 0.2) is 0 Å². The van der Waals surface area contributed by atoms with Crippen molar-refractivity contribution in [2.75, 3.05) is 13.1 Å². The fourth-order valence-corrected chi connectivity index (χ4v) is 1.48. The predicted molar refractivity (Wildman–Crippen MR) is 52.8 cm³/mol. The number of hydrogen-bond donors (Lipinski definition) is 1. The van der Waals surface area contributed by atoms with Gasteiger partial charge >= 0.3 is 0 Å². The summed E-state index contributed by atoms with van der Waals surface area (Å²) in [5.74, 6) is 7.15. The molecule has 1 heterocycles. The second-order valence-corrected chi connectivity index (χ2v) is 4.27. The molecule has 0 saturated carbocycles. The third kappa shape index (κ3) is 2.87. The van der Waals surface area contributed by atoms with Crippen LogP contribution in [-0.4, -0.2) is 13.1 Å². The Morgan fingerprint density at radius 3 is 2.67 bits per heavy atom. The first-order valence-electron chi connectivity index (χ1n) is 4.86. The zero-order valence-corrected chi connectivity index (χ0v) is 8.41. The van der Waals surface area contributed by atoms with Gasteiger partial charge in [-0.1, -0.05) is 25.7 Å². The van der Waals surface area contributed by atoms with E-state index in [1.54, 1.807) is 0 Å². The van der Waals surface area contributed by atoms with E-state index in [9.17, 15) is 0 Å². The van der Waals surface area contributed by atoms with Gasteiger partial charge in [-0.2, -0.15) is 0 Å². The Balaban J connectivity index is 2.53. The molecule has 1 saturated heterocycles. The van der Waals surface area contributed by atoms with Crippen LogP contribution in [0.3, 0.4) is 0 Å². The number of nitrogens with one attached hydrogen (secondary N) is 1. The van der Waals surface area contributed by atoms with E-state index in [1.807, 2.05) is 0 Å². The van der Waals surface area contributed by atoms with Gasteiger partial charge < -0.3 is 5.32 Å². The molecule has 68 valence electrons. The minimum absolute atomic E-state index is 0.239. The van der Waals surface area contributed by atoms with Crippen LogP contribution in [-0.2, 0) is 0 Å². The van der Waals surface area contributed by atoms with Gasteiger partial charge in [-0.3, -0.25) is 0 Å². The van der Waals surface area contributed by atoms with E-state index in [4.69, 9.17) is 0 Å². The lowest BCUT2D eigenvalue weighted by atomic mass is 9.83. The van der Waals surface area contributed by atoms with Gasteiger partial charge in [0.1, 0.15) is 0 Å². The molecule has 0 aromatic heterocycles. The van der Waals surface area contributed by atoms with E-state index in [2.05, 4.69) is 37.9 Å². The SMILES string of the molecule is CC(C)C#C[C@]1(C)CCCNC1. The molecule has 1 heteroatoms. The molecule has 0 aliphatic carbocycles. The minimum atomic E-state index is 0.239. The van der Waals surface area contributed by atoms with Gasteiger partial charge in [0, 0.05) is 17.9 Å². The van der Waals surface area contributed by atoms with E-state index >= 15 is 0 Å². The van der Waals surface area contributed by atoms with Crippen molar-refractivity contribution in [1.82, 2.24) is 5.32 Å². The van der Waals surface area contributed by atoms with Crippen molar-refractivity contribution in [3.63, 3.8) is 0 Å². The summed E-state index contributed by atoms with van der Waals surface area (Å²) in [5.41, 5.74) is 0.239. The lowest BCUT2D eigenvalue weighted by molar-refractivity contribution is 0.320. The van der Waals surface area contributed by atoms with E-state index in [0.717, 1.165) is 6.54 Å². The largest absolute Gasteiger partial charge is 0.315 e. The minimum Gasteiger partial charge on any atom is -0.315 e. The van der Waals surface area contributed by atoms with Gasteiger partial charge in [0.05, 0.1) is 0 Å². The van der Waals surface area contributed by atoms with Crippen LogP contribution in [0.5, 0.6) is 0 Å². The first kappa shape index (κ1) is 9.61. The van der Waals surface area contributed by atoms with Gasteiger partial charge in [-0.15, -0.1) is 0 Å². The van der Waals surface area contributed by atoms with Gasteiger partial charge in [-0.05, 0) is 26.3 Å². The van der Waals surface area contributed by atoms with Crippen molar-refractivity contribution >= 4 is 0 Å². The van der Waals surface area contributed by atoms with Gasteiger partial charge in [-0.25, -0.2) is 0 Å². The molecule has 1 aliphatic heterocycles. The molecular formula is C11H19N. The number of rotatable bonds is 0. The summed E-state index contributed by atoms with van der Waals surface area (Å²) in [4.78, 5) is 0. The maximum absolute atomic E-state index is 3.40. The molecule has 1 aliphatic rings. The molecule has 0 aromatic carbocycles. The molecule has 1 N–H and O–H groups in total. The summed E-state index contributed by atoms with van der Waals surface area (Å²) >= 11 is 0. The first-order chi connectivity index (χ1) is 5.62. The molecule has 0 unspecified atom stereocenters. The summed E-state index contributed by atoms with van der Waals surface area (Å²) in [5, 5.41) is 3.40. The fourth-order valence-electron chi connectivity index (χ4n) is 1.48. The van der Waals surface area contributed by atoms with Crippen molar-refractivity contribution in [2.45, 2.75) is 33.6 Å². The van der Waals surface area contributed by atoms with Crippen molar-refractivity contribution in [3.8, 4) is 11.8 Å². The monoisotopic (exact) mass is 165 g/mol. The molecule has 0 aromatic rings. The normalized spacial score (nSPS) is 29.7. The lowest BCUT2D eigenvalue weighted by Crippen LogP contribution is -2.36. The third-order valence-electron chi connectivity index (χ3n) is 2.26. The highest BCUT2D eigenvalue weighted by atomic mass is 14.9. The van der Waals surface area contributed by atoms with Crippen LogP contribution in [0, 0.1) is 23.2 Å². The Bertz CT molecular complexity index is 189. The lowest BCUT2D eigenvalue weighted by Gasteiger charge is -2.29. The second kappa shape index (κ2) is 3.96. The third-order valence-corrected chi connectivity index (χ3v) is 2.26. The maximum atomic E-state index is 3.40. The Morgan fingerprint density at radius 1 is 1.42 bits per heavy atom. The summed E-state index contributed by atoms with van der Waals surface area (Å²) in [6.45, 7) is 8.78. The van der Waals surface area contributed by atoms with Gasteiger partial charge in [0.25, 0.3) is 0 Å². The average Bonchev–Trinajstić information content (AvgIpc) is 2.03. The maximum Gasteiger partial charge on any atom is 0.0411 e. The molecule has 0 radical (unpaired) electrons. The molecule has 1 rings (SSSR count). The zero-order valence-electron chi connectivity index (χ0n) is 8.41. The van der Waals surface area contributed by atoms with E-state index in [-0.39, 0.29) is 5.41 Å². The van der Waals surface area contributed by atoms with E-state index in [1.165, 1.54) is 19.4 Å². The number of hydrogen-bond acceptors (Lipinski definition) is 1. The first-order valence-corrected chi connectivity index (χ1v) is 4.86. The molecular weight excluding hydrogens is 146 g/mol. The fraction of sp³-hybridized carbons (Fsp3) is 0.818. The van der Waals surface area contributed by atoms with Crippen molar-refractivity contribution in [3.05, 3.63) is 0 Å². The van der Waals surface area contributed by atoms with Crippen molar-refractivity contribution < 1.29 is 0 Å². The quantitative estimate of drug-likeness (QED) is 0.542. The van der Waals surface area contributed by atoms with E-state index < -0.39 is 0 Å². The summed E-state index contributed by atoms with van der Waals surface area (Å²) < 4.78 is 0. The Kier molecular flexibility index (Phi) is 3.17. The summed E-state index contributed by atoms with van der Waals surface area (Å²) in [6, 6.07) is 0. The molecule has 0 amide bonds. The average molecular weight is 165 g/mol. The molecule has 12 heavy (non-hydrogen) atoms. The second-order valence-electron chi connectivity index (χ2n) is 4.27. The standard InChI is InChI=1S/C11H19N/c1-10(2)5-7-11(3)6-4-8-12-9-11/h10,12H,4,6,8-9H2,1-3H3/t11-/m0/s1. The van der Waals surface area contributed by atoms with Crippen LogP contribution in [0.1, 0.15) is 33.6 Å². The smallest absolute Gasteiger partial charge is 0.0411 e. The summed E-state index contributed by atoms with van der Waals surface area (Å²) in [7, 11) is 0. The van der Waals surface area contributed by atoms with Crippen LogP contribution in [0.2, 0.25) is 0 Å². The molecule has 1 fully saturated rings. The summed E-state index contributed by atoms with van der Waals surface area (Å²) in [6.07, 6.45) is 2.52. The van der Waals surface area contributed by atoms with Gasteiger partial charge in [0.2, 0.25) is 0 Å². The molecule has 1 atom stereocenters. The van der Waals surface area contributed by atoms with E-state index in [0.29, 0.717) is 5.92 Å². The predicted octanol–water partition coefficient (Wildman–Crippen LogP) is 2.04. The van der Waals surface area contributed by atoms with Crippen molar-refractivity contribution in [2.24, 2.45) is 11.3 Å². The Hall–Kier alpha value is -0.480. The highest BCUT2D eigenvalue weighted by molar-refractivity contribution is 5.13. The number of piperidine rings is 1. The Morgan fingerprint density at radius 2 is 2.17 bits per heavy atom. The van der Waals surface area contributed by atoms with Crippen LogP contribution < -0.4 is 5.32 Å². The molecule has 1 nitrogen and oxygen atoms in total. The van der Waals surface area contributed by atoms with Crippen LogP contribution >= 0.6 is 0 Å². The van der Waals surface area contributed by atoms with Crippen molar-refractivity contribution in [1.29, 1.82) is 0 Å².